The molecule has 2 N–H and O–H groups in total. The first-order chi connectivity index (χ1) is 7.24. The van der Waals surface area contributed by atoms with Gasteiger partial charge < -0.3 is 10.6 Å². The first-order valence-electron chi connectivity index (χ1n) is 5.38. The Morgan fingerprint density at radius 3 is 2.60 bits per heavy atom. The summed E-state index contributed by atoms with van der Waals surface area (Å²) in [6, 6.07) is 6.36. The summed E-state index contributed by atoms with van der Waals surface area (Å²) in [6.45, 7) is 4.25. The van der Waals surface area contributed by atoms with Crippen LogP contribution in [-0.4, -0.2) is 20.1 Å². The minimum Gasteiger partial charge on any atom is -0.385 e. The van der Waals surface area contributed by atoms with Crippen molar-refractivity contribution in [3.8, 4) is 0 Å². The van der Waals surface area contributed by atoms with Crippen LogP contribution >= 0.6 is 15.9 Å². The van der Waals surface area contributed by atoms with E-state index in [1.165, 1.54) is 28.6 Å². The van der Waals surface area contributed by atoms with Gasteiger partial charge in [-0.2, -0.15) is 0 Å². The zero-order chi connectivity index (χ0) is 11.1. The minimum atomic E-state index is 1.04. The Morgan fingerprint density at radius 1 is 1.20 bits per heavy atom. The number of unbranched alkanes of at least 4 members (excludes halogenated alkanes) is 1. The van der Waals surface area contributed by atoms with Gasteiger partial charge >= 0.3 is 0 Å². The fraction of sp³-hybridized carbons (Fsp3) is 0.500. The lowest BCUT2D eigenvalue weighted by Crippen LogP contribution is -2.10. The maximum Gasteiger partial charge on any atom is 0.0343 e. The molecule has 0 atom stereocenters. The van der Waals surface area contributed by atoms with Crippen LogP contribution in [0.2, 0.25) is 0 Å². The molecule has 0 aliphatic rings. The number of aryl methyl sites for hydroxylation is 1. The predicted octanol–water partition coefficient (Wildman–Crippen LogP) is 3.17. The van der Waals surface area contributed by atoms with Crippen molar-refractivity contribution in [3.05, 3.63) is 28.2 Å². The van der Waals surface area contributed by atoms with Crippen LogP contribution in [0.15, 0.2) is 22.7 Å². The highest BCUT2D eigenvalue weighted by Crippen LogP contribution is 2.19. The molecule has 0 bridgehead atoms. The highest BCUT2D eigenvalue weighted by molar-refractivity contribution is 9.10. The van der Waals surface area contributed by atoms with E-state index in [0.29, 0.717) is 0 Å². The molecule has 15 heavy (non-hydrogen) atoms. The molecule has 0 aromatic heterocycles. The van der Waals surface area contributed by atoms with E-state index in [1.54, 1.807) is 0 Å². The molecule has 0 aliphatic carbocycles. The second-order valence-corrected chi connectivity index (χ2v) is 4.56. The molecule has 0 unspecified atom stereocenters. The highest BCUT2D eigenvalue weighted by Gasteiger charge is 1.96. The summed E-state index contributed by atoms with van der Waals surface area (Å²) in [5, 5.41) is 6.57. The fourth-order valence-electron chi connectivity index (χ4n) is 1.41. The minimum absolute atomic E-state index is 1.04. The van der Waals surface area contributed by atoms with Crippen molar-refractivity contribution in [2.24, 2.45) is 0 Å². The molecule has 2 nitrogen and oxygen atoms in total. The number of halogens is 1. The van der Waals surface area contributed by atoms with E-state index in [-0.39, 0.29) is 0 Å². The zero-order valence-corrected chi connectivity index (χ0v) is 11.0. The van der Waals surface area contributed by atoms with Gasteiger partial charge in [-0.05, 0) is 57.1 Å². The van der Waals surface area contributed by atoms with E-state index in [1.807, 2.05) is 7.05 Å². The monoisotopic (exact) mass is 270 g/mol. The molecule has 0 spiro atoms. The summed E-state index contributed by atoms with van der Waals surface area (Å²) < 4.78 is 1.17. The van der Waals surface area contributed by atoms with E-state index in [4.69, 9.17) is 0 Å². The third-order valence-electron chi connectivity index (χ3n) is 2.34. The Kier molecular flexibility index (Phi) is 5.73. The number of hydrogen-bond acceptors (Lipinski definition) is 2. The van der Waals surface area contributed by atoms with E-state index >= 15 is 0 Å². The van der Waals surface area contributed by atoms with E-state index in [9.17, 15) is 0 Å². The van der Waals surface area contributed by atoms with Gasteiger partial charge in [0.05, 0.1) is 0 Å². The van der Waals surface area contributed by atoms with Crippen molar-refractivity contribution in [1.82, 2.24) is 5.32 Å². The molecular weight excluding hydrogens is 252 g/mol. The van der Waals surface area contributed by atoms with Crippen molar-refractivity contribution in [1.29, 1.82) is 0 Å². The average molecular weight is 271 g/mol. The molecule has 3 heteroatoms. The Bertz CT molecular complexity index is 300. The second kappa shape index (κ2) is 6.85. The normalized spacial score (nSPS) is 10.3. The Labute approximate surface area is 101 Å². The second-order valence-electron chi connectivity index (χ2n) is 3.70. The lowest BCUT2D eigenvalue weighted by molar-refractivity contribution is 0.694. The van der Waals surface area contributed by atoms with Crippen LogP contribution in [0.1, 0.15) is 18.4 Å². The largest absolute Gasteiger partial charge is 0.385 e. The summed E-state index contributed by atoms with van der Waals surface area (Å²) in [5.41, 5.74) is 2.48. The Morgan fingerprint density at radius 2 is 1.93 bits per heavy atom. The van der Waals surface area contributed by atoms with Gasteiger partial charge in [-0.1, -0.05) is 15.9 Å². The van der Waals surface area contributed by atoms with Gasteiger partial charge in [0.15, 0.2) is 0 Å². The Hall–Kier alpha value is -0.540. The molecule has 0 saturated carbocycles. The van der Waals surface area contributed by atoms with Crippen LogP contribution in [0.3, 0.4) is 0 Å². The van der Waals surface area contributed by atoms with Crippen molar-refractivity contribution in [2.75, 3.05) is 25.5 Å². The third-order valence-corrected chi connectivity index (χ3v) is 3.23. The molecule has 1 aromatic rings. The van der Waals surface area contributed by atoms with Crippen molar-refractivity contribution in [3.63, 3.8) is 0 Å². The molecule has 0 amide bonds. The quantitative estimate of drug-likeness (QED) is 0.776. The van der Waals surface area contributed by atoms with Crippen LogP contribution < -0.4 is 10.6 Å². The molecule has 0 saturated heterocycles. The van der Waals surface area contributed by atoms with Crippen LogP contribution in [-0.2, 0) is 0 Å². The molecule has 1 rings (SSSR count). The number of hydrogen-bond donors (Lipinski definition) is 2. The van der Waals surface area contributed by atoms with Gasteiger partial charge in [0, 0.05) is 16.7 Å². The topological polar surface area (TPSA) is 24.1 Å². The molecule has 0 fully saturated rings. The number of benzene rings is 1. The van der Waals surface area contributed by atoms with Gasteiger partial charge in [-0.15, -0.1) is 0 Å². The first-order valence-corrected chi connectivity index (χ1v) is 6.18. The summed E-state index contributed by atoms with van der Waals surface area (Å²) in [4.78, 5) is 0. The van der Waals surface area contributed by atoms with Crippen LogP contribution in [0.5, 0.6) is 0 Å². The summed E-state index contributed by atoms with van der Waals surface area (Å²) in [6.07, 6.45) is 2.43. The number of rotatable bonds is 6. The predicted molar refractivity (Wildman–Crippen MR) is 70.5 cm³/mol. The Balaban J connectivity index is 2.28. The maximum atomic E-state index is 3.50. The summed E-state index contributed by atoms with van der Waals surface area (Å²) in [7, 11) is 1.99. The molecule has 0 aliphatic heterocycles. The van der Waals surface area contributed by atoms with Gasteiger partial charge in [0.1, 0.15) is 0 Å². The number of anilines is 1. The fourth-order valence-corrected chi connectivity index (χ4v) is 1.66. The first kappa shape index (κ1) is 12.5. The van der Waals surface area contributed by atoms with Gasteiger partial charge in [-0.3, -0.25) is 0 Å². The lowest BCUT2D eigenvalue weighted by atomic mass is 10.2. The smallest absolute Gasteiger partial charge is 0.0343 e. The molecule has 0 radical (unpaired) electrons. The van der Waals surface area contributed by atoms with Crippen molar-refractivity contribution in [2.45, 2.75) is 19.8 Å². The molecule has 84 valence electrons. The molecular formula is C12H19BrN2. The van der Waals surface area contributed by atoms with Crippen LogP contribution in [0.25, 0.3) is 0 Å². The van der Waals surface area contributed by atoms with Gasteiger partial charge in [0.25, 0.3) is 0 Å². The molecule has 0 heterocycles. The summed E-state index contributed by atoms with van der Waals surface area (Å²) >= 11 is 3.50. The summed E-state index contributed by atoms with van der Waals surface area (Å²) in [5.74, 6) is 0. The highest BCUT2D eigenvalue weighted by atomic mass is 79.9. The average Bonchev–Trinajstić information content (AvgIpc) is 2.23. The van der Waals surface area contributed by atoms with E-state index in [2.05, 4.69) is 51.7 Å². The lowest BCUT2D eigenvalue weighted by Gasteiger charge is -2.07. The SMILES string of the molecule is CNCCCCNc1ccc(Br)c(C)c1. The van der Waals surface area contributed by atoms with Gasteiger partial charge in [0.2, 0.25) is 0 Å². The standard InChI is InChI=1S/C12H19BrN2/c1-10-9-11(5-6-12(10)13)15-8-4-3-7-14-2/h5-6,9,14-15H,3-4,7-8H2,1-2H3. The van der Waals surface area contributed by atoms with Crippen molar-refractivity contribution >= 4 is 21.6 Å². The van der Waals surface area contributed by atoms with Crippen LogP contribution in [0, 0.1) is 6.92 Å². The van der Waals surface area contributed by atoms with Gasteiger partial charge in [-0.25, -0.2) is 0 Å². The zero-order valence-electron chi connectivity index (χ0n) is 9.44. The van der Waals surface area contributed by atoms with Crippen LogP contribution in [0.4, 0.5) is 5.69 Å². The van der Waals surface area contributed by atoms with Crippen molar-refractivity contribution < 1.29 is 0 Å². The molecule has 1 aromatic carbocycles. The number of nitrogens with one attached hydrogen (secondary N) is 2. The van der Waals surface area contributed by atoms with E-state index in [0.717, 1.165) is 13.1 Å². The maximum absolute atomic E-state index is 3.50. The van der Waals surface area contributed by atoms with E-state index < -0.39 is 0 Å². The third kappa shape index (κ3) is 4.67.